The molecule has 3 aromatic rings. The normalized spacial score (nSPS) is 10.6. The third-order valence-corrected chi connectivity index (χ3v) is 5.16. The Bertz CT molecular complexity index is 939. The van der Waals surface area contributed by atoms with E-state index in [4.69, 9.17) is 16.3 Å². The molecule has 2 aromatic carbocycles. The van der Waals surface area contributed by atoms with Gasteiger partial charge in [-0.1, -0.05) is 41.9 Å². The second kappa shape index (κ2) is 9.02. The summed E-state index contributed by atoms with van der Waals surface area (Å²) < 4.78 is 5.72. The van der Waals surface area contributed by atoms with Crippen molar-refractivity contribution < 1.29 is 9.53 Å². The number of hydrogen-bond acceptors (Lipinski definition) is 4. The SMILES string of the molecule is Cc1ccccc1OCCCC(=O)Nc1nc(-c2cccc(Cl)c2)c(C)s1. The van der Waals surface area contributed by atoms with Gasteiger partial charge in [0.25, 0.3) is 0 Å². The van der Waals surface area contributed by atoms with Crippen LogP contribution in [-0.2, 0) is 4.79 Å². The highest BCUT2D eigenvalue weighted by molar-refractivity contribution is 7.16. The number of amides is 1. The first-order chi connectivity index (χ1) is 13.0. The van der Waals surface area contributed by atoms with E-state index in [2.05, 4.69) is 10.3 Å². The van der Waals surface area contributed by atoms with E-state index in [0.717, 1.165) is 27.4 Å². The van der Waals surface area contributed by atoms with Gasteiger partial charge in [-0.3, -0.25) is 4.79 Å². The molecule has 3 rings (SSSR count). The van der Waals surface area contributed by atoms with Crippen LogP contribution in [0.2, 0.25) is 5.02 Å². The molecule has 1 N–H and O–H groups in total. The summed E-state index contributed by atoms with van der Waals surface area (Å²) in [5.41, 5.74) is 2.89. The number of aryl methyl sites for hydroxylation is 2. The Balaban J connectivity index is 1.51. The number of carbonyl (C=O) groups is 1. The lowest BCUT2D eigenvalue weighted by Crippen LogP contribution is -2.12. The van der Waals surface area contributed by atoms with Crippen molar-refractivity contribution in [2.75, 3.05) is 11.9 Å². The molecule has 0 bridgehead atoms. The summed E-state index contributed by atoms with van der Waals surface area (Å²) in [5.74, 6) is 0.800. The molecule has 0 fully saturated rings. The standard InChI is InChI=1S/C21H21ClN2O2S/c1-14-7-3-4-10-18(14)26-12-6-11-19(25)23-21-24-20(15(2)27-21)16-8-5-9-17(22)13-16/h3-5,7-10,13H,6,11-12H2,1-2H3,(H,23,24,25). The summed E-state index contributed by atoms with van der Waals surface area (Å²) in [6, 6.07) is 15.4. The topological polar surface area (TPSA) is 51.2 Å². The Labute approximate surface area is 168 Å². The van der Waals surface area contributed by atoms with Gasteiger partial charge in [-0.2, -0.15) is 0 Å². The second-order valence-corrected chi connectivity index (χ2v) is 7.84. The highest BCUT2D eigenvalue weighted by Crippen LogP contribution is 2.31. The molecule has 140 valence electrons. The number of anilines is 1. The van der Waals surface area contributed by atoms with Gasteiger partial charge in [0.05, 0.1) is 12.3 Å². The van der Waals surface area contributed by atoms with Crippen molar-refractivity contribution in [3.05, 3.63) is 64.0 Å². The highest BCUT2D eigenvalue weighted by Gasteiger charge is 2.12. The fourth-order valence-corrected chi connectivity index (χ4v) is 3.71. The van der Waals surface area contributed by atoms with Crippen LogP contribution in [0.5, 0.6) is 5.75 Å². The molecule has 1 amide bonds. The van der Waals surface area contributed by atoms with E-state index in [1.54, 1.807) is 0 Å². The van der Waals surface area contributed by atoms with Crippen LogP contribution in [0.4, 0.5) is 5.13 Å². The quantitative estimate of drug-likeness (QED) is 0.504. The zero-order chi connectivity index (χ0) is 19.2. The molecule has 0 aliphatic heterocycles. The average molecular weight is 401 g/mol. The number of rotatable bonds is 7. The minimum atomic E-state index is -0.0604. The van der Waals surface area contributed by atoms with Crippen molar-refractivity contribution in [1.29, 1.82) is 0 Å². The van der Waals surface area contributed by atoms with Crippen LogP contribution in [0, 0.1) is 13.8 Å². The van der Waals surface area contributed by atoms with E-state index in [-0.39, 0.29) is 5.91 Å². The van der Waals surface area contributed by atoms with E-state index < -0.39 is 0 Å². The lowest BCUT2D eigenvalue weighted by molar-refractivity contribution is -0.116. The number of ether oxygens (including phenoxy) is 1. The van der Waals surface area contributed by atoms with E-state index in [1.165, 1.54) is 11.3 Å². The maximum atomic E-state index is 12.2. The number of nitrogens with zero attached hydrogens (tertiary/aromatic N) is 1. The van der Waals surface area contributed by atoms with Crippen LogP contribution in [0.1, 0.15) is 23.3 Å². The second-order valence-electron chi connectivity index (χ2n) is 6.20. The first kappa shape index (κ1) is 19.4. The van der Waals surface area contributed by atoms with Crippen molar-refractivity contribution in [3.63, 3.8) is 0 Å². The van der Waals surface area contributed by atoms with Gasteiger partial charge in [0.1, 0.15) is 5.75 Å². The van der Waals surface area contributed by atoms with Gasteiger partial charge in [0, 0.05) is 21.9 Å². The van der Waals surface area contributed by atoms with Crippen LogP contribution >= 0.6 is 22.9 Å². The molecule has 4 nitrogen and oxygen atoms in total. The molecule has 1 aromatic heterocycles. The third-order valence-electron chi connectivity index (χ3n) is 4.04. The number of aromatic nitrogens is 1. The molecule has 0 radical (unpaired) electrons. The predicted octanol–water partition coefficient (Wildman–Crippen LogP) is 5.88. The lowest BCUT2D eigenvalue weighted by Gasteiger charge is -2.08. The van der Waals surface area contributed by atoms with Crippen molar-refractivity contribution in [2.24, 2.45) is 0 Å². The van der Waals surface area contributed by atoms with E-state index in [1.807, 2.05) is 62.4 Å². The minimum Gasteiger partial charge on any atom is -0.493 e. The highest BCUT2D eigenvalue weighted by atomic mass is 35.5. The summed E-state index contributed by atoms with van der Waals surface area (Å²) >= 11 is 7.52. The van der Waals surface area contributed by atoms with Crippen molar-refractivity contribution >= 4 is 34.0 Å². The summed E-state index contributed by atoms with van der Waals surface area (Å²) in [4.78, 5) is 17.8. The monoisotopic (exact) mass is 400 g/mol. The van der Waals surface area contributed by atoms with Gasteiger partial charge in [0.2, 0.25) is 5.91 Å². The minimum absolute atomic E-state index is 0.0604. The van der Waals surface area contributed by atoms with Crippen LogP contribution in [0.3, 0.4) is 0 Å². The Morgan fingerprint density at radius 3 is 2.78 bits per heavy atom. The fourth-order valence-electron chi connectivity index (χ4n) is 2.67. The number of halogens is 1. The number of hydrogen-bond donors (Lipinski definition) is 1. The van der Waals surface area contributed by atoms with Crippen molar-refractivity contribution in [3.8, 4) is 17.0 Å². The molecule has 0 saturated heterocycles. The van der Waals surface area contributed by atoms with Crippen molar-refractivity contribution in [2.45, 2.75) is 26.7 Å². The van der Waals surface area contributed by atoms with E-state index in [0.29, 0.717) is 29.6 Å². The molecule has 0 saturated carbocycles. The van der Waals surface area contributed by atoms with Gasteiger partial charge in [-0.25, -0.2) is 4.98 Å². The summed E-state index contributed by atoms with van der Waals surface area (Å²) in [6.07, 6.45) is 1.03. The summed E-state index contributed by atoms with van der Waals surface area (Å²) in [5, 5.41) is 4.15. The lowest BCUT2D eigenvalue weighted by atomic mass is 10.1. The molecule has 0 spiro atoms. The Morgan fingerprint density at radius 1 is 1.19 bits per heavy atom. The molecule has 0 atom stereocenters. The molecular weight excluding hydrogens is 380 g/mol. The van der Waals surface area contributed by atoms with E-state index in [9.17, 15) is 4.79 Å². The number of benzene rings is 2. The van der Waals surface area contributed by atoms with Crippen molar-refractivity contribution in [1.82, 2.24) is 4.98 Å². The largest absolute Gasteiger partial charge is 0.493 e. The van der Waals surface area contributed by atoms with Gasteiger partial charge in [0.15, 0.2) is 5.13 Å². The molecule has 0 aliphatic rings. The van der Waals surface area contributed by atoms with Crippen LogP contribution in [-0.4, -0.2) is 17.5 Å². The Morgan fingerprint density at radius 2 is 2.00 bits per heavy atom. The summed E-state index contributed by atoms with van der Waals surface area (Å²) in [7, 11) is 0. The summed E-state index contributed by atoms with van der Waals surface area (Å²) in [6.45, 7) is 4.49. The molecular formula is C21H21ClN2O2S. The van der Waals surface area contributed by atoms with Crippen LogP contribution in [0.15, 0.2) is 48.5 Å². The first-order valence-corrected chi connectivity index (χ1v) is 9.94. The smallest absolute Gasteiger partial charge is 0.226 e. The number of nitrogens with one attached hydrogen (secondary N) is 1. The number of para-hydroxylation sites is 1. The third kappa shape index (κ3) is 5.31. The maximum absolute atomic E-state index is 12.2. The molecule has 6 heteroatoms. The number of thiazole rings is 1. The Kier molecular flexibility index (Phi) is 6.48. The average Bonchev–Trinajstić information content (AvgIpc) is 3.00. The first-order valence-electron chi connectivity index (χ1n) is 8.74. The predicted molar refractivity (Wildman–Crippen MR) is 112 cm³/mol. The molecule has 27 heavy (non-hydrogen) atoms. The maximum Gasteiger partial charge on any atom is 0.226 e. The zero-order valence-electron chi connectivity index (χ0n) is 15.3. The van der Waals surface area contributed by atoms with E-state index >= 15 is 0 Å². The fraction of sp³-hybridized carbons (Fsp3) is 0.238. The molecule has 0 aliphatic carbocycles. The van der Waals surface area contributed by atoms with Crippen LogP contribution < -0.4 is 10.1 Å². The van der Waals surface area contributed by atoms with Gasteiger partial charge in [-0.05, 0) is 44.0 Å². The van der Waals surface area contributed by atoms with Gasteiger partial charge < -0.3 is 10.1 Å². The molecule has 1 heterocycles. The molecule has 0 unspecified atom stereocenters. The van der Waals surface area contributed by atoms with Gasteiger partial charge >= 0.3 is 0 Å². The van der Waals surface area contributed by atoms with Gasteiger partial charge in [-0.15, -0.1) is 11.3 Å². The zero-order valence-corrected chi connectivity index (χ0v) is 16.9. The van der Waals surface area contributed by atoms with Crippen LogP contribution in [0.25, 0.3) is 11.3 Å². The Hall–Kier alpha value is -2.37. The number of carbonyl (C=O) groups excluding carboxylic acids is 1.